The van der Waals surface area contributed by atoms with Gasteiger partial charge in [-0.1, -0.05) is 5.16 Å². The second kappa shape index (κ2) is 4.53. The van der Waals surface area contributed by atoms with Gasteiger partial charge in [0, 0.05) is 6.07 Å². The van der Waals surface area contributed by atoms with E-state index in [0.717, 1.165) is 0 Å². The van der Waals surface area contributed by atoms with Crippen molar-refractivity contribution < 1.29 is 14.1 Å². The van der Waals surface area contributed by atoms with Crippen LogP contribution in [-0.2, 0) is 4.74 Å². The normalized spacial score (nSPS) is 11.6. The number of ether oxygens (including phenoxy) is 1. The fourth-order valence-corrected chi connectivity index (χ4v) is 2.24. The Bertz CT molecular complexity index is 552. The average molecular weight is 266 g/mol. The monoisotopic (exact) mass is 266 g/mol. The zero-order valence-corrected chi connectivity index (χ0v) is 11.5. The van der Waals surface area contributed by atoms with Gasteiger partial charge in [0.1, 0.15) is 10.5 Å². The Morgan fingerprint density at radius 1 is 1.44 bits per heavy atom. The van der Waals surface area contributed by atoms with Gasteiger partial charge in [0.05, 0.1) is 11.9 Å². The van der Waals surface area contributed by atoms with Gasteiger partial charge >= 0.3 is 5.97 Å². The molecule has 0 saturated carbocycles. The predicted molar refractivity (Wildman–Crippen MR) is 67.5 cm³/mol. The number of hydrogen-bond donors (Lipinski definition) is 0. The number of aromatic nitrogens is 2. The molecule has 0 unspecified atom stereocenters. The van der Waals surface area contributed by atoms with Gasteiger partial charge in [-0.15, -0.1) is 11.3 Å². The lowest BCUT2D eigenvalue weighted by atomic mass is 10.2. The van der Waals surface area contributed by atoms with Crippen LogP contribution in [0.2, 0.25) is 0 Å². The molecule has 0 amide bonds. The summed E-state index contributed by atoms with van der Waals surface area (Å²) in [6, 6.07) is 1.71. The zero-order chi connectivity index (χ0) is 13.3. The van der Waals surface area contributed by atoms with E-state index in [-0.39, 0.29) is 5.97 Å². The summed E-state index contributed by atoms with van der Waals surface area (Å²) in [5.41, 5.74) is 0.126. The van der Waals surface area contributed by atoms with E-state index in [1.54, 1.807) is 19.2 Å². The molecular formula is C12H14N2O3S. The molecular weight excluding hydrogens is 252 g/mol. The van der Waals surface area contributed by atoms with Crippen molar-refractivity contribution in [3.8, 4) is 10.8 Å². The molecule has 2 rings (SSSR count). The van der Waals surface area contributed by atoms with Crippen molar-refractivity contribution in [2.24, 2.45) is 0 Å². The number of carbonyl (C=O) groups excluding carboxylic acids is 1. The molecule has 2 aromatic heterocycles. The molecule has 2 aromatic rings. The number of nitrogens with zero attached hydrogens (tertiary/aromatic N) is 2. The van der Waals surface area contributed by atoms with Crippen LogP contribution in [0, 0.1) is 6.92 Å². The molecule has 0 aliphatic rings. The van der Waals surface area contributed by atoms with Crippen molar-refractivity contribution in [2.45, 2.75) is 33.3 Å². The first-order valence-corrected chi connectivity index (χ1v) is 6.30. The number of carbonyl (C=O) groups is 1. The maximum Gasteiger partial charge on any atom is 0.350 e. The molecule has 0 N–H and O–H groups in total. The van der Waals surface area contributed by atoms with Crippen LogP contribution in [0.1, 0.15) is 36.1 Å². The van der Waals surface area contributed by atoms with Crippen molar-refractivity contribution in [1.82, 2.24) is 10.1 Å². The zero-order valence-electron chi connectivity index (χ0n) is 10.7. The highest BCUT2D eigenvalue weighted by atomic mass is 32.1. The summed E-state index contributed by atoms with van der Waals surface area (Å²) in [5.74, 6) is 0.196. The second-order valence-corrected chi connectivity index (χ2v) is 5.81. The first kappa shape index (κ1) is 12.8. The van der Waals surface area contributed by atoms with Crippen LogP contribution in [0.25, 0.3) is 10.8 Å². The van der Waals surface area contributed by atoms with E-state index in [1.807, 2.05) is 20.8 Å². The highest BCUT2D eigenvalue weighted by Gasteiger charge is 2.23. The van der Waals surface area contributed by atoms with Gasteiger partial charge in [-0.3, -0.25) is 0 Å². The Kier molecular flexibility index (Phi) is 3.21. The third-order valence-corrected chi connectivity index (χ3v) is 3.18. The van der Waals surface area contributed by atoms with Gasteiger partial charge in [0.25, 0.3) is 0 Å². The van der Waals surface area contributed by atoms with Crippen molar-refractivity contribution in [3.05, 3.63) is 22.8 Å². The molecule has 6 heteroatoms. The van der Waals surface area contributed by atoms with Crippen LogP contribution in [0.3, 0.4) is 0 Å². The van der Waals surface area contributed by atoms with Gasteiger partial charge in [0.2, 0.25) is 0 Å². The summed E-state index contributed by atoms with van der Waals surface area (Å²) >= 11 is 1.25. The minimum absolute atomic E-state index is 0.358. The summed E-state index contributed by atoms with van der Waals surface area (Å²) in [5, 5.41) is 4.25. The molecule has 0 fully saturated rings. The lowest BCUT2D eigenvalue weighted by molar-refractivity contribution is 0.00742. The van der Waals surface area contributed by atoms with Crippen LogP contribution < -0.4 is 0 Å². The average Bonchev–Trinajstić information content (AvgIpc) is 2.82. The molecule has 0 atom stereocenters. The Hall–Kier alpha value is -1.69. The quantitative estimate of drug-likeness (QED) is 0.781. The summed E-state index contributed by atoms with van der Waals surface area (Å²) in [6.45, 7) is 7.27. The molecule has 0 aliphatic heterocycles. The topological polar surface area (TPSA) is 65.2 Å². The number of aryl methyl sites for hydroxylation is 1. The van der Waals surface area contributed by atoms with Crippen molar-refractivity contribution in [1.29, 1.82) is 0 Å². The summed E-state index contributed by atoms with van der Waals surface area (Å²) in [4.78, 5) is 16.8. The smallest absolute Gasteiger partial charge is 0.350 e. The third kappa shape index (κ3) is 2.76. The maximum atomic E-state index is 12.0. The standard InChI is InChI=1S/C12H14N2O3S/c1-7-9(11(15)16-12(2,3)4)18-10(14-7)8-5-6-13-17-8/h5-6H,1-4H3. The lowest BCUT2D eigenvalue weighted by Crippen LogP contribution is -2.23. The van der Waals surface area contributed by atoms with Crippen LogP contribution in [0.15, 0.2) is 16.8 Å². The van der Waals surface area contributed by atoms with Crippen LogP contribution in [0.5, 0.6) is 0 Å². The molecule has 96 valence electrons. The minimum Gasteiger partial charge on any atom is -0.456 e. The van der Waals surface area contributed by atoms with E-state index in [9.17, 15) is 4.79 Å². The number of esters is 1. The van der Waals surface area contributed by atoms with Crippen molar-refractivity contribution >= 4 is 17.3 Å². The first-order chi connectivity index (χ1) is 8.37. The van der Waals surface area contributed by atoms with E-state index in [0.29, 0.717) is 21.3 Å². The molecule has 0 spiro atoms. The minimum atomic E-state index is -0.514. The molecule has 0 aromatic carbocycles. The van der Waals surface area contributed by atoms with E-state index in [4.69, 9.17) is 9.26 Å². The fraction of sp³-hybridized carbons (Fsp3) is 0.417. The van der Waals surface area contributed by atoms with Gasteiger partial charge in [0.15, 0.2) is 10.8 Å². The van der Waals surface area contributed by atoms with Gasteiger partial charge in [-0.2, -0.15) is 0 Å². The van der Waals surface area contributed by atoms with Gasteiger partial charge in [-0.05, 0) is 27.7 Å². The highest BCUT2D eigenvalue weighted by molar-refractivity contribution is 7.17. The fourth-order valence-electron chi connectivity index (χ4n) is 1.34. The van der Waals surface area contributed by atoms with Gasteiger partial charge in [-0.25, -0.2) is 9.78 Å². The van der Waals surface area contributed by atoms with Crippen molar-refractivity contribution in [2.75, 3.05) is 0 Å². The summed E-state index contributed by atoms with van der Waals surface area (Å²) in [7, 11) is 0. The second-order valence-electron chi connectivity index (χ2n) is 4.81. The Balaban J connectivity index is 2.27. The van der Waals surface area contributed by atoms with Gasteiger partial charge < -0.3 is 9.26 Å². The lowest BCUT2D eigenvalue weighted by Gasteiger charge is -2.18. The first-order valence-electron chi connectivity index (χ1n) is 5.48. The predicted octanol–water partition coefficient (Wildman–Crippen LogP) is 3.06. The van der Waals surface area contributed by atoms with Crippen LogP contribution in [0.4, 0.5) is 0 Å². The number of thiazole rings is 1. The highest BCUT2D eigenvalue weighted by Crippen LogP contribution is 2.28. The molecule has 5 nitrogen and oxygen atoms in total. The van der Waals surface area contributed by atoms with E-state index in [1.165, 1.54) is 11.3 Å². The molecule has 0 saturated heterocycles. The molecule has 0 radical (unpaired) electrons. The van der Waals surface area contributed by atoms with E-state index >= 15 is 0 Å². The number of hydrogen-bond acceptors (Lipinski definition) is 6. The Labute approximate surface area is 109 Å². The van der Waals surface area contributed by atoms with E-state index < -0.39 is 5.60 Å². The van der Waals surface area contributed by atoms with Crippen LogP contribution >= 0.6 is 11.3 Å². The summed E-state index contributed by atoms with van der Waals surface area (Å²) < 4.78 is 10.3. The SMILES string of the molecule is Cc1nc(-c2ccno2)sc1C(=O)OC(C)(C)C. The molecule has 18 heavy (non-hydrogen) atoms. The molecule has 0 bridgehead atoms. The number of rotatable bonds is 2. The maximum absolute atomic E-state index is 12.0. The Morgan fingerprint density at radius 3 is 2.72 bits per heavy atom. The van der Waals surface area contributed by atoms with Crippen molar-refractivity contribution in [3.63, 3.8) is 0 Å². The van der Waals surface area contributed by atoms with Crippen LogP contribution in [-0.4, -0.2) is 21.7 Å². The molecule has 2 heterocycles. The third-order valence-electron chi connectivity index (χ3n) is 2.03. The Morgan fingerprint density at radius 2 is 2.17 bits per heavy atom. The summed E-state index contributed by atoms with van der Waals surface area (Å²) in [6.07, 6.45) is 1.54. The molecule has 0 aliphatic carbocycles. The van der Waals surface area contributed by atoms with E-state index in [2.05, 4.69) is 10.1 Å². The largest absolute Gasteiger partial charge is 0.456 e.